The molecule has 2 aromatic rings. The van der Waals surface area contributed by atoms with Crippen LogP contribution in [0.5, 0.6) is 5.75 Å². The maximum absolute atomic E-state index is 12.5. The van der Waals surface area contributed by atoms with Crippen molar-refractivity contribution < 1.29 is 9.53 Å². The molecule has 1 aliphatic carbocycles. The highest BCUT2D eigenvalue weighted by Crippen LogP contribution is 2.26. The van der Waals surface area contributed by atoms with Crippen LogP contribution in [0.1, 0.15) is 42.4 Å². The summed E-state index contributed by atoms with van der Waals surface area (Å²) in [4.78, 5) is 17.0. The third kappa shape index (κ3) is 3.41. The van der Waals surface area contributed by atoms with Gasteiger partial charge in [0.25, 0.3) is 5.91 Å². The van der Waals surface area contributed by atoms with Crippen LogP contribution >= 0.6 is 0 Å². The standard InChI is InChI=1S/C20H25N3O2/c1-13-11-23-12-17(7-9-19(23)21-13)22-20(24)14(2)25-18-8-6-15-4-3-5-16(15)10-18/h6,8,10-11,14,17H,3-5,7,9,12H2,1-2H3,(H,22,24)/t14-,17+/m0/s1. The molecule has 2 aliphatic rings. The fourth-order valence-electron chi connectivity index (χ4n) is 3.90. The van der Waals surface area contributed by atoms with E-state index in [0.717, 1.165) is 49.5 Å². The van der Waals surface area contributed by atoms with Crippen LogP contribution in [0.25, 0.3) is 0 Å². The Kier molecular flexibility index (Phi) is 4.24. The molecule has 0 bridgehead atoms. The first-order valence-corrected chi connectivity index (χ1v) is 9.20. The molecule has 132 valence electrons. The van der Waals surface area contributed by atoms with Gasteiger partial charge in [-0.3, -0.25) is 4.79 Å². The number of carbonyl (C=O) groups excluding carboxylic acids is 1. The van der Waals surface area contributed by atoms with Crippen LogP contribution in [0.4, 0.5) is 0 Å². The van der Waals surface area contributed by atoms with Gasteiger partial charge in [-0.1, -0.05) is 6.07 Å². The Bertz CT molecular complexity index is 796. The Morgan fingerprint density at radius 2 is 2.16 bits per heavy atom. The topological polar surface area (TPSA) is 56.2 Å². The molecule has 5 heteroatoms. The molecule has 0 saturated carbocycles. The van der Waals surface area contributed by atoms with Crippen LogP contribution < -0.4 is 10.1 Å². The number of amides is 1. The molecule has 0 fully saturated rings. The summed E-state index contributed by atoms with van der Waals surface area (Å²) in [6.07, 6.45) is 6.87. The minimum absolute atomic E-state index is 0.0502. The van der Waals surface area contributed by atoms with Crippen molar-refractivity contribution in [2.75, 3.05) is 0 Å². The van der Waals surface area contributed by atoms with Gasteiger partial charge < -0.3 is 14.6 Å². The average Bonchev–Trinajstić information content (AvgIpc) is 3.19. The van der Waals surface area contributed by atoms with Crippen molar-refractivity contribution in [3.63, 3.8) is 0 Å². The monoisotopic (exact) mass is 339 g/mol. The van der Waals surface area contributed by atoms with Crippen molar-refractivity contribution >= 4 is 5.91 Å². The lowest BCUT2D eigenvalue weighted by atomic mass is 10.1. The van der Waals surface area contributed by atoms with Gasteiger partial charge in [-0.15, -0.1) is 0 Å². The number of hydrogen-bond donors (Lipinski definition) is 1. The Hall–Kier alpha value is -2.30. The number of nitrogens with zero attached hydrogens (tertiary/aromatic N) is 2. The highest BCUT2D eigenvalue weighted by molar-refractivity contribution is 5.81. The van der Waals surface area contributed by atoms with Crippen LogP contribution in [0.15, 0.2) is 24.4 Å². The van der Waals surface area contributed by atoms with Crippen molar-refractivity contribution in [2.24, 2.45) is 0 Å². The number of hydrogen-bond acceptors (Lipinski definition) is 3. The molecule has 5 nitrogen and oxygen atoms in total. The number of carbonyl (C=O) groups is 1. The second-order valence-corrected chi connectivity index (χ2v) is 7.24. The molecule has 2 heterocycles. The van der Waals surface area contributed by atoms with Gasteiger partial charge in [0.05, 0.1) is 5.69 Å². The van der Waals surface area contributed by atoms with Crippen molar-refractivity contribution in [1.29, 1.82) is 0 Å². The zero-order chi connectivity index (χ0) is 17.4. The average molecular weight is 339 g/mol. The molecule has 1 N–H and O–H groups in total. The van der Waals surface area contributed by atoms with E-state index in [1.54, 1.807) is 0 Å². The van der Waals surface area contributed by atoms with Gasteiger partial charge in [0.15, 0.2) is 6.10 Å². The van der Waals surface area contributed by atoms with Crippen molar-refractivity contribution in [3.05, 3.63) is 47.0 Å². The van der Waals surface area contributed by atoms with Crippen molar-refractivity contribution in [2.45, 2.75) is 64.6 Å². The summed E-state index contributed by atoms with van der Waals surface area (Å²) >= 11 is 0. The van der Waals surface area contributed by atoms with Gasteiger partial charge in [-0.05, 0) is 62.8 Å². The van der Waals surface area contributed by atoms with Gasteiger partial charge in [-0.25, -0.2) is 4.98 Å². The second kappa shape index (κ2) is 6.54. The van der Waals surface area contributed by atoms with E-state index in [1.807, 2.05) is 19.9 Å². The number of ether oxygens (including phenoxy) is 1. The third-order valence-corrected chi connectivity index (χ3v) is 5.21. The first kappa shape index (κ1) is 16.2. The first-order valence-electron chi connectivity index (χ1n) is 9.20. The zero-order valence-electron chi connectivity index (χ0n) is 14.9. The SMILES string of the molecule is Cc1cn2c(n1)CC[C@@H](NC(=O)[C@H](C)Oc1ccc3c(c1)CCC3)C2. The summed E-state index contributed by atoms with van der Waals surface area (Å²) in [6, 6.07) is 6.34. The fourth-order valence-corrected chi connectivity index (χ4v) is 3.90. The molecule has 1 aromatic carbocycles. The number of aryl methyl sites for hydroxylation is 4. The normalized spacial score (nSPS) is 19.8. The Labute approximate surface area is 148 Å². The molecule has 1 aromatic heterocycles. The van der Waals surface area contributed by atoms with E-state index in [1.165, 1.54) is 17.5 Å². The molecule has 4 rings (SSSR count). The van der Waals surface area contributed by atoms with Gasteiger partial charge in [0.1, 0.15) is 11.6 Å². The van der Waals surface area contributed by atoms with Crippen LogP contribution in [0.2, 0.25) is 0 Å². The molecular weight excluding hydrogens is 314 g/mol. The van der Waals surface area contributed by atoms with Crippen LogP contribution in [0.3, 0.4) is 0 Å². The number of aromatic nitrogens is 2. The van der Waals surface area contributed by atoms with Gasteiger partial charge in [0.2, 0.25) is 0 Å². The van der Waals surface area contributed by atoms with Crippen molar-refractivity contribution in [3.8, 4) is 5.75 Å². The Balaban J connectivity index is 1.35. The molecule has 2 atom stereocenters. The summed E-state index contributed by atoms with van der Waals surface area (Å²) < 4.78 is 8.03. The predicted molar refractivity (Wildman–Crippen MR) is 95.8 cm³/mol. The maximum atomic E-state index is 12.5. The third-order valence-electron chi connectivity index (χ3n) is 5.21. The van der Waals surface area contributed by atoms with E-state index in [0.29, 0.717) is 0 Å². The zero-order valence-corrected chi connectivity index (χ0v) is 14.9. The predicted octanol–water partition coefficient (Wildman–Crippen LogP) is 2.58. The van der Waals surface area contributed by atoms with Crippen LogP contribution in [0, 0.1) is 6.92 Å². The smallest absolute Gasteiger partial charge is 0.261 e. The molecule has 0 unspecified atom stereocenters. The minimum Gasteiger partial charge on any atom is -0.481 e. The summed E-state index contributed by atoms with van der Waals surface area (Å²) in [5.74, 6) is 1.86. The summed E-state index contributed by atoms with van der Waals surface area (Å²) in [6.45, 7) is 4.61. The van der Waals surface area contributed by atoms with Crippen LogP contribution in [-0.4, -0.2) is 27.6 Å². The quantitative estimate of drug-likeness (QED) is 0.931. The van der Waals surface area contributed by atoms with Crippen LogP contribution in [-0.2, 0) is 30.6 Å². The fraction of sp³-hybridized carbons (Fsp3) is 0.500. The summed E-state index contributed by atoms with van der Waals surface area (Å²) in [7, 11) is 0. The Morgan fingerprint density at radius 1 is 1.32 bits per heavy atom. The van der Waals surface area contributed by atoms with E-state index >= 15 is 0 Å². The molecule has 25 heavy (non-hydrogen) atoms. The molecular formula is C20H25N3O2. The Morgan fingerprint density at radius 3 is 3.04 bits per heavy atom. The first-order chi connectivity index (χ1) is 12.1. The van der Waals surface area contributed by atoms with E-state index in [-0.39, 0.29) is 11.9 Å². The highest BCUT2D eigenvalue weighted by atomic mass is 16.5. The molecule has 0 saturated heterocycles. The van der Waals surface area contributed by atoms with E-state index in [9.17, 15) is 4.79 Å². The number of nitrogens with one attached hydrogen (secondary N) is 1. The van der Waals surface area contributed by atoms with Gasteiger partial charge in [-0.2, -0.15) is 0 Å². The highest BCUT2D eigenvalue weighted by Gasteiger charge is 2.24. The van der Waals surface area contributed by atoms with Crippen molar-refractivity contribution in [1.82, 2.24) is 14.9 Å². The molecule has 1 aliphatic heterocycles. The lowest BCUT2D eigenvalue weighted by molar-refractivity contribution is -0.128. The number of benzene rings is 1. The lowest BCUT2D eigenvalue weighted by Gasteiger charge is -2.26. The maximum Gasteiger partial charge on any atom is 0.261 e. The van der Waals surface area contributed by atoms with Gasteiger partial charge >= 0.3 is 0 Å². The number of fused-ring (bicyclic) bond motifs is 2. The lowest BCUT2D eigenvalue weighted by Crippen LogP contribution is -2.46. The summed E-state index contributed by atoms with van der Waals surface area (Å²) in [5, 5.41) is 3.13. The summed E-state index contributed by atoms with van der Waals surface area (Å²) in [5.41, 5.74) is 3.81. The minimum atomic E-state index is -0.495. The number of rotatable bonds is 4. The second-order valence-electron chi connectivity index (χ2n) is 7.24. The number of imidazole rings is 1. The molecule has 1 amide bonds. The van der Waals surface area contributed by atoms with E-state index in [2.05, 4.69) is 33.2 Å². The van der Waals surface area contributed by atoms with Gasteiger partial charge in [0, 0.05) is 25.2 Å². The largest absolute Gasteiger partial charge is 0.481 e. The molecule has 0 spiro atoms. The van der Waals surface area contributed by atoms with E-state index in [4.69, 9.17) is 4.74 Å². The molecule has 0 radical (unpaired) electrons. The van der Waals surface area contributed by atoms with E-state index < -0.39 is 6.10 Å².